The molecule has 0 saturated carbocycles. The molecule has 0 aliphatic rings. The molecule has 0 fully saturated rings. The number of nitrogens with one attached hydrogen (secondary N) is 1. The number of esters is 1. The maximum atomic E-state index is 13.2. The third-order valence-corrected chi connectivity index (χ3v) is 5.64. The summed E-state index contributed by atoms with van der Waals surface area (Å²) in [5, 5.41) is 7.75. The van der Waals surface area contributed by atoms with Crippen LogP contribution < -0.4 is 5.32 Å². The Morgan fingerprint density at radius 2 is 1.66 bits per heavy atom. The first-order chi connectivity index (χ1) is 16.8. The van der Waals surface area contributed by atoms with Gasteiger partial charge in [0.05, 0.1) is 31.0 Å². The molecule has 0 atom stereocenters. The third-order valence-electron chi connectivity index (χ3n) is 5.64. The van der Waals surface area contributed by atoms with Crippen molar-refractivity contribution in [2.45, 2.75) is 40.5 Å². The van der Waals surface area contributed by atoms with E-state index in [0.29, 0.717) is 12.4 Å². The van der Waals surface area contributed by atoms with Crippen LogP contribution in [0.4, 0.5) is 5.82 Å². The molecule has 184 valence electrons. The Hall–Kier alpha value is -3.94. The number of hydrogen-bond acceptors (Lipinski definition) is 5. The highest BCUT2D eigenvalue weighted by atomic mass is 16.5. The molecule has 2 aromatic carbocycles. The van der Waals surface area contributed by atoms with E-state index >= 15 is 0 Å². The Morgan fingerprint density at radius 3 is 2.31 bits per heavy atom. The quantitative estimate of drug-likeness (QED) is 0.441. The first-order valence-electron chi connectivity index (χ1n) is 11.8. The van der Waals surface area contributed by atoms with Crippen LogP contribution in [-0.4, -0.2) is 52.2 Å². The second-order valence-electron chi connectivity index (χ2n) is 8.13. The highest BCUT2D eigenvalue weighted by Crippen LogP contribution is 2.34. The number of para-hydroxylation sites is 1. The minimum Gasteiger partial charge on any atom is -0.466 e. The van der Waals surface area contributed by atoms with Crippen molar-refractivity contribution in [2.24, 2.45) is 0 Å². The number of ether oxygens (including phenoxy) is 1. The molecule has 0 aliphatic carbocycles. The second kappa shape index (κ2) is 12.0. The van der Waals surface area contributed by atoms with Crippen molar-refractivity contribution in [1.29, 1.82) is 0 Å². The predicted octanol–water partition coefficient (Wildman–Crippen LogP) is 4.29. The van der Waals surface area contributed by atoms with Crippen molar-refractivity contribution in [3.05, 3.63) is 65.9 Å². The lowest BCUT2D eigenvalue weighted by Crippen LogP contribution is -2.38. The summed E-state index contributed by atoms with van der Waals surface area (Å²) in [6.45, 7) is 7.89. The van der Waals surface area contributed by atoms with Crippen LogP contribution in [0.1, 0.15) is 37.9 Å². The van der Waals surface area contributed by atoms with Crippen LogP contribution in [0.15, 0.2) is 54.6 Å². The van der Waals surface area contributed by atoms with Gasteiger partial charge in [-0.1, -0.05) is 48.5 Å². The normalized spacial score (nSPS) is 10.6. The third kappa shape index (κ3) is 6.35. The SMILES string of the molecule is CCOC(=O)CCC(=O)N(CC)CC(=O)Nc1c(-c2ccccc2)c(C)nn1-c1ccccc1C. The van der Waals surface area contributed by atoms with Crippen LogP contribution in [-0.2, 0) is 19.1 Å². The van der Waals surface area contributed by atoms with Gasteiger partial charge in [-0.3, -0.25) is 14.4 Å². The topological polar surface area (TPSA) is 93.5 Å². The van der Waals surface area contributed by atoms with Gasteiger partial charge in [-0.2, -0.15) is 5.10 Å². The molecule has 8 nitrogen and oxygen atoms in total. The van der Waals surface area contributed by atoms with E-state index in [1.807, 2.05) is 68.4 Å². The number of carbonyl (C=O) groups excluding carboxylic acids is 3. The average Bonchev–Trinajstić information content (AvgIpc) is 3.17. The molecule has 3 rings (SSSR count). The van der Waals surface area contributed by atoms with Gasteiger partial charge in [0.2, 0.25) is 11.8 Å². The first-order valence-corrected chi connectivity index (χ1v) is 11.8. The summed E-state index contributed by atoms with van der Waals surface area (Å²) in [6.07, 6.45) is -0.0162. The van der Waals surface area contributed by atoms with Crippen molar-refractivity contribution < 1.29 is 19.1 Å². The van der Waals surface area contributed by atoms with E-state index in [1.54, 1.807) is 18.5 Å². The number of carbonyl (C=O) groups is 3. The van der Waals surface area contributed by atoms with Gasteiger partial charge in [0, 0.05) is 18.5 Å². The van der Waals surface area contributed by atoms with Gasteiger partial charge in [-0.15, -0.1) is 0 Å². The molecule has 0 spiro atoms. The number of benzene rings is 2. The molecule has 0 saturated heterocycles. The van der Waals surface area contributed by atoms with Crippen molar-refractivity contribution >= 4 is 23.6 Å². The largest absolute Gasteiger partial charge is 0.466 e. The zero-order valence-electron chi connectivity index (χ0n) is 20.7. The van der Waals surface area contributed by atoms with Gasteiger partial charge in [-0.05, 0) is 44.9 Å². The molecule has 3 aromatic rings. The van der Waals surface area contributed by atoms with Crippen LogP contribution in [0.2, 0.25) is 0 Å². The fourth-order valence-corrected chi connectivity index (χ4v) is 3.89. The van der Waals surface area contributed by atoms with Gasteiger partial charge >= 0.3 is 5.97 Å². The zero-order valence-corrected chi connectivity index (χ0v) is 20.7. The molecule has 8 heteroatoms. The lowest BCUT2D eigenvalue weighted by molar-refractivity contribution is -0.145. The Balaban J connectivity index is 1.88. The van der Waals surface area contributed by atoms with Gasteiger partial charge in [-0.25, -0.2) is 4.68 Å². The number of aromatic nitrogens is 2. The Kier molecular flexibility index (Phi) is 8.78. The number of anilines is 1. The van der Waals surface area contributed by atoms with E-state index in [-0.39, 0.29) is 37.8 Å². The molecule has 35 heavy (non-hydrogen) atoms. The number of nitrogens with zero attached hydrogens (tertiary/aromatic N) is 3. The van der Waals surface area contributed by atoms with Gasteiger partial charge in [0.25, 0.3) is 0 Å². The van der Waals surface area contributed by atoms with Gasteiger partial charge < -0.3 is 15.0 Å². The molecule has 0 radical (unpaired) electrons. The molecule has 0 aliphatic heterocycles. The smallest absolute Gasteiger partial charge is 0.306 e. The van der Waals surface area contributed by atoms with Crippen molar-refractivity contribution in [3.8, 4) is 16.8 Å². The van der Waals surface area contributed by atoms with E-state index in [4.69, 9.17) is 9.84 Å². The maximum absolute atomic E-state index is 13.2. The number of likely N-dealkylation sites (N-methyl/N-ethyl adjacent to an activating group) is 1. The zero-order chi connectivity index (χ0) is 25.4. The molecule has 2 amide bonds. The monoisotopic (exact) mass is 476 g/mol. The summed E-state index contributed by atoms with van der Waals surface area (Å²) in [5.74, 6) is -0.500. The Labute approximate surface area is 205 Å². The van der Waals surface area contributed by atoms with E-state index < -0.39 is 5.97 Å². The van der Waals surface area contributed by atoms with Crippen LogP contribution in [0, 0.1) is 13.8 Å². The maximum Gasteiger partial charge on any atom is 0.306 e. The average molecular weight is 477 g/mol. The number of aryl methyl sites for hydroxylation is 2. The van der Waals surface area contributed by atoms with Crippen LogP contribution in [0.25, 0.3) is 16.8 Å². The fraction of sp³-hybridized carbons (Fsp3) is 0.333. The Morgan fingerprint density at radius 1 is 0.971 bits per heavy atom. The summed E-state index contributed by atoms with van der Waals surface area (Å²) in [5.41, 5.74) is 4.38. The summed E-state index contributed by atoms with van der Waals surface area (Å²) < 4.78 is 6.63. The predicted molar refractivity (Wildman–Crippen MR) is 135 cm³/mol. The summed E-state index contributed by atoms with van der Waals surface area (Å²) >= 11 is 0. The first kappa shape index (κ1) is 25.7. The number of amides is 2. The standard InChI is InChI=1S/C27H32N4O4/c1-5-30(24(33)16-17-25(34)35-6-2)18-23(32)28-27-26(21-13-8-7-9-14-21)20(4)29-31(27)22-15-11-10-12-19(22)3/h7-15H,5-6,16-18H2,1-4H3,(H,28,32). The molecule has 1 N–H and O–H groups in total. The van der Waals surface area contributed by atoms with E-state index in [2.05, 4.69) is 5.32 Å². The molecular weight excluding hydrogens is 444 g/mol. The fourth-order valence-electron chi connectivity index (χ4n) is 3.89. The van der Waals surface area contributed by atoms with Crippen molar-refractivity contribution in [3.63, 3.8) is 0 Å². The van der Waals surface area contributed by atoms with Crippen molar-refractivity contribution in [2.75, 3.05) is 25.0 Å². The van der Waals surface area contributed by atoms with E-state index in [0.717, 1.165) is 28.1 Å². The highest BCUT2D eigenvalue weighted by molar-refractivity contribution is 5.98. The van der Waals surface area contributed by atoms with Gasteiger partial charge in [0.15, 0.2) is 0 Å². The molecule has 0 bridgehead atoms. The second-order valence-corrected chi connectivity index (χ2v) is 8.13. The molecule has 1 heterocycles. The lowest BCUT2D eigenvalue weighted by Gasteiger charge is -2.21. The summed E-state index contributed by atoms with van der Waals surface area (Å²) in [6, 6.07) is 17.6. The minimum absolute atomic E-state index is 0.00449. The van der Waals surface area contributed by atoms with Crippen LogP contribution in [0.5, 0.6) is 0 Å². The van der Waals surface area contributed by atoms with Crippen LogP contribution in [0.3, 0.4) is 0 Å². The molecule has 0 unspecified atom stereocenters. The minimum atomic E-state index is -0.425. The Bertz CT molecular complexity index is 1190. The molecule has 1 aromatic heterocycles. The van der Waals surface area contributed by atoms with Gasteiger partial charge in [0.1, 0.15) is 5.82 Å². The number of rotatable bonds is 10. The van der Waals surface area contributed by atoms with Crippen LogP contribution >= 0.6 is 0 Å². The lowest BCUT2D eigenvalue weighted by atomic mass is 10.1. The van der Waals surface area contributed by atoms with E-state index in [1.165, 1.54) is 4.90 Å². The number of hydrogen-bond donors (Lipinski definition) is 1. The summed E-state index contributed by atoms with van der Waals surface area (Å²) in [4.78, 5) is 38.8. The molecular formula is C27H32N4O4. The van der Waals surface area contributed by atoms with Crippen molar-refractivity contribution in [1.82, 2.24) is 14.7 Å². The van der Waals surface area contributed by atoms with E-state index in [9.17, 15) is 14.4 Å². The highest BCUT2D eigenvalue weighted by Gasteiger charge is 2.23. The summed E-state index contributed by atoms with van der Waals surface area (Å²) in [7, 11) is 0.